The van der Waals surface area contributed by atoms with E-state index in [0.29, 0.717) is 12.0 Å². The summed E-state index contributed by atoms with van der Waals surface area (Å²) in [6.07, 6.45) is 8.01. The molecule has 1 saturated carbocycles. The van der Waals surface area contributed by atoms with Crippen LogP contribution in [0.15, 0.2) is 6.07 Å². The lowest BCUT2D eigenvalue weighted by molar-refractivity contribution is 0.340. The number of hydrogen-bond donors (Lipinski definition) is 3. The molecule has 3 fully saturated rings. The van der Waals surface area contributed by atoms with Gasteiger partial charge in [0.15, 0.2) is 0 Å². The van der Waals surface area contributed by atoms with E-state index in [1.165, 1.54) is 38.5 Å². The predicted octanol–water partition coefficient (Wildman–Crippen LogP) is 1.85. The fourth-order valence-corrected chi connectivity index (χ4v) is 4.40. The third-order valence-corrected chi connectivity index (χ3v) is 5.70. The Hall–Kier alpha value is -1.56. The average molecular weight is 316 g/mol. The zero-order chi connectivity index (χ0) is 15.6. The molecule has 6 nitrogen and oxygen atoms in total. The van der Waals surface area contributed by atoms with Crippen molar-refractivity contribution in [2.75, 3.05) is 42.1 Å². The van der Waals surface area contributed by atoms with Crippen molar-refractivity contribution >= 4 is 17.6 Å². The minimum atomic E-state index is 0.374. The average Bonchev–Trinajstić information content (AvgIpc) is 3.21. The molecule has 2 saturated heterocycles. The quantitative estimate of drug-likeness (QED) is 0.787. The monoisotopic (exact) mass is 316 g/mol. The van der Waals surface area contributed by atoms with E-state index in [1.807, 2.05) is 0 Å². The molecule has 126 valence electrons. The number of piperidine rings is 1. The van der Waals surface area contributed by atoms with Crippen LogP contribution in [0.25, 0.3) is 0 Å². The van der Waals surface area contributed by atoms with Crippen LogP contribution in [-0.2, 0) is 0 Å². The lowest BCUT2D eigenvalue weighted by Crippen LogP contribution is -2.40. The summed E-state index contributed by atoms with van der Waals surface area (Å²) in [4.78, 5) is 11.2. The lowest BCUT2D eigenvalue weighted by atomic mass is 9.94. The van der Waals surface area contributed by atoms with Crippen molar-refractivity contribution in [1.82, 2.24) is 15.3 Å². The summed E-state index contributed by atoms with van der Waals surface area (Å²) in [5.74, 6) is 3.76. The second kappa shape index (κ2) is 6.51. The summed E-state index contributed by atoms with van der Waals surface area (Å²) >= 11 is 0. The zero-order valence-electron chi connectivity index (χ0n) is 13.8. The van der Waals surface area contributed by atoms with Gasteiger partial charge in [-0.3, -0.25) is 0 Å². The van der Waals surface area contributed by atoms with Crippen LogP contribution in [0, 0.1) is 11.8 Å². The Morgan fingerprint density at radius 1 is 1.17 bits per heavy atom. The predicted molar refractivity (Wildman–Crippen MR) is 93.6 cm³/mol. The summed E-state index contributed by atoms with van der Waals surface area (Å²) in [6, 6.07) is 2.68. The number of hydrogen-bond acceptors (Lipinski definition) is 6. The molecule has 1 aromatic rings. The van der Waals surface area contributed by atoms with Crippen LogP contribution in [0.4, 0.5) is 17.6 Å². The van der Waals surface area contributed by atoms with Crippen LogP contribution < -0.4 is 21.3 Å². The highest BCUT2D eigenvalue weighted by Gasteiger charge is 2.35. The van der Waals surface area contributed by atoms with Crippen LogP contribution in [-0.4, -0.2) is 42.2 Å². The van der Waals surface area contributed by atoms with Crippen LogP contribution in [0.5, 0.6) is 0 Å². The highest BCUT2D eigenvalue weighted by atomic mass is 15.3. The van der Waals surface area contributed by atoms with E-state index >= 15 is 0 Å². The second-order valence-electron chi connectivity index (χ2n) is 7.37. The van der Waals surface area contributed by atoms with Gasteiger partial charge < -0.3 is 21.3 Å². The molecular formula is C17H28N6. The third-order valence-electron chi connectivity index (χ3n) is 5.70. The van der Waals surface area contributed by atoms with E-state index in [2.05, 4.69) is 31.6 Å². The first-order chi connectivity index (χ1) is 11.3. The number of nitrogens with zero attached hydrogens (tertiary/aromatic N) is 3. The first kappa shape index (κ1) is 15.0. The molecule has 1 aliphatic carbocycles. The Kier molecular flexibility index (Phi) is 4.25. The molecule has 23 heavy (non-hydrogen) atoms. The van der Waals surface area contributed by atoms with Gasteiger partial charge in [0, 0.05) is 31.7 Å². The maximum atomic E-state index is 5.95. The summed E-state index contributed by atoms with van der Waals surface area (Å²) in [5, 5.41) is 7.12. The van der Waals surface area contributed by atoms with Gasteiger partial charge in [0.05, 0.1) is 0 Å². The number of fused-ring (bicyclic) bond motifs is 1. The van der Waals surface area contributed by atoms with Gasteiger partial charge in [-0.1, -0.05) is 12.8 Å². The number of anilines is 3. The van der Waals surface area contributed by atoms with Gasteiger partial charge in [0.1, 0.15) is 11.6 Å². The van der Waals surface area contributed by atoms with Gasteiger partial charge in [-0.05, 0) is 44.1 Å². The molecule has 0 amide bonds. The summed E-state index contributed by atoms with van der Waals surface area (Å²) in [7, 11) is 0. The molecule has 4 rings (SSSR count). The summed E-state index contributed by atoms with van der Waals surface area (Å²) in [6.45, 7) is 4.26. The largest absolute Gasteiger partial charge is 0.370 e. The number of nitrogens with two attached hydrogens (primary N) is 1. The maximum absolute atomic E-state index is 5.95. The molecule has 2 atom stereocenters. The molecule has 3 aliphatic rings. The van der Waals surface area contributed by atoms with Crippen molar-refractivity contribution in [2.45, 2.75) is 44.6 Å². The minimum Gasteiger partial charge on any atom is -0.370 e. The zero-order valence-corrected chi connectivity index (χ0v) is 13.8. The molecule has 3 heterocycles. The molecule has 0 bridgehead atoms. The van der Waals surface area contributed by atoms with Gasteiger partial charge in [0.2, 0.25) is 5.95 Å². The molecule has 4 N–H and O–H groups in total. The lowest BCUT2D eigenvalue weighted by Gasteiger charge is -2.24. The molecular weight excluding hydrogens is 288 g/mol. The Labute approximate surface area is 138 Å². The van der Waals surface area contributed by atoms with Crippen molar-refractivity contribution in [1.29, 1.82) is 0 Å². The minimum absolute atomic E-state index is 0.374. The van der Waals surface area contributed by atoms with Crippen molar-refractivity contribution in [2.24, 2.45) is 11.8 Å². The van der Waals surface area contributed by atoms with Crippen LogP contribution in [0.1, 0.15) is 38.5 Å². The van der Waals surface area contributed by atoms with Crippen molar-refractivity contribution in [3.63, 3.8) is 0 Å². The van der Waals surface area contributed by atoms with Gasteiger partial charge >= 0.3 is 0 Å². The third kappa shape index (κ3) is 3.37. The topological polar surface area (TPSA) is 79.1 Å². The molecule has 0 spiro atoms. The Morgan fingerprint density at radius 3 is 2.87 bits per heavy atom. The summed E-state index contributed by atoms with van der Waals surface area (Å²) < 4.78 is 0. The maximum Gasteiger partial charge on any atom is 0.223 e. The Bertz CT molecular complexity index is 528. The van der Waals surface area contributed by atoms with Crippen LogP contribution in [0.2, 0.25) is 0 Å². The van der Waals surface area contributed by atoms with Crippen molar-refractivity contribution in [3.05, 3.63) is 6.07 Å². The van der Waals surface area contributed by atoms with Gasteiger partial charge in [0.25, 0.3) is 0 Å². The van der Waals surface area contributed by atoms with E-state index in [-0.39, 0.29) is 0 Å². The van der Waals surface area contributed by atoms with E-state index in [1.54, 1.807) is 0 Å². The number of nitrogen functional groups attached to an aromatic ring is 1. The van der Waals surface area contributed by atoms with E-state index in [4.69, 9.17) is 5.73 Å². The van der Waals surface area contributed by atoms with Crippen molar-refractivity contribution in [3.8, 4) is 0 Å². The summed E-state index contributed by atoms with van der Waals surface area (Å²) in [5.41, 5.74) is 5.95. The second-order valence-corrected chi connectivity index (χ2v) is 7.37. The Morgan fingerprint density at radius 2 is 2.04 bits per heavy atom. The van der Waals surface area contributed by atoms with Gasteiger partial charge in [-0.2, -0.15) is 9.97 Å². The molecule has 0 radical (unpaired) electrons. The van der Waals surface area contributed by atoms with Crippen molar-refractivity contribution < 1.29 is 0 Å². The first-order valence-electron chi connectivity index (χ1n) is 9.15. The van der Waals surface area contributed by atoms with Crippen LogP contribution in [0.3, 0.4) is 0 Å². The molecule has 0 unspecified atom stereocenters. The highest BCUT2D eigenvalue weighted by Crippen LogP contribution is 2.30. The van der Waals surface area contributed by atoms with E-state index in [9.17, 15) is 0 Å². The SMILES string of the molecule is Nc1nc(NCC2CCCC2)cc(N2C[C@H]3CCCN[C@H]3C2)n1. The number of nitrogens with one attached hydrogen (secondary N) is 2. The standard InChI is InChI=1S/C17H28N6/c18-17-21-15(20-9-12-4-1-2-5-12)8-16(22-17)23-10-13-6-3-7-19-14(13)11-23/h8,12-14,19H,1-7,9-11H2,(H3,18,20,21,22)/t13-,14+/m1/s1. The number of rotatable bonds is 4. The van der Waals surface area contributed by atoms with Gasteiger partial charge in [-0.15, -0.1) is 0 Å². The smallest absolute Gasteiger partial charge is 0.223 e. The molecule has 0 aromatic carbocycles. The fraction of sp³-hybridized carbons (Fsp3) is 0.765. The highest BCUT2D eigenvalue weighted by molar-refractivity contribution is 5.53. The molecule has 6 heteroatoms. The van der Waals surface area contributed by atoms with E-state index in [0.717, 1.165) is 49.7 Å². The van der Waals surface area contributed by atoms with E-state index < -0.39 is 0 Å². The normalized spacial score (nSPS) is 28.1. The molecule has 1 aromatic heterocycles. The van der Waals surface area contributed by atoms with Gasteiger partial charge in [-0.25, -0.2) is 0 Å². The fourth-order valence-electron chi connectivity index (χ4n) is 4.40. The Balaban J connectivity index is 1.43. The van der Waals surface area contributed by atoms with Crippen LogP contribution >= 0.6 is 0 Å². The first-order valence-corrected chi connectivity index (χ1v) is 9.15. The number of aromatic nitrogens is 2. The molecule has 2 aliphatic heterocycles.